The van der Waals surface area contributed by atoms with Crippen LogP contribution >= 0.6 is 69.7 Å². The van der Waals surface area contributed by atoms with Gasteiger partial charge in [0.15, 0.2) is 11.2 Å². The third-order valence-electron chi connectivity index (χ3n) is 7.81. The van der Waals surface area contributed by atoms with E-state index in [2.05, 4.69) is 31.1 Å². The van der Waals surface area contributed by atoms with Crippen LogP contribution in [0.2, 0.25) is 0 Å². The number of hydrogen-bond acceptors (Lipinski definition) is 14. The molecule has 278 valence electrons. The Morgan fingerprint density at radius 1 is 1.09 bits per heavy atom. The number of nitrogens with one attached hydrogen (secondary N) is 2. The zero-order valence-electron chi connectivity index (χ0n) is 27.7. The van der Waals surface area contributed by atoms with Gasteiger partial charge in [0.2, 0.25) is 14.9 Å². The molecule has 2 N–H and O–H groups in total. The van der Waals surface area contributed by atoms with Crippen molar-refractivity contribution in [3.05, 3.63) is 94.1 Å². The van der Waals surface area contributed by atoms with Gasteiger partial charge in [-0.1, -0.05) is 107 Å². The Morgan fingerprint density at radius 2 is 1.77 bits per heavy atom. The van der Waals surface area contributed by atoms with E-state index < -0.39 is 51.5 Å². The number of thioether (sulfide) groups is 2. The molecule has 0 aliphatic carbocycles. The Kier molecular flexibility index (Phi) is 12.2. The molecule has 3 amide bonds. The third-order valence-corrected chi connectivity index (χ3v) is 11.4. The number of rotatable bonds is 13. The summed E-state index contributed by atoms with van der Waals surface area (Å²) in [6.45, 7) is -0.484. The Hall–Kier alpha value is -3.91. The van der Waals surface area contributed by atoms with Crippen LogP contribution in [-0.4, -0.2) is 94.1 Å². The highest BCUT2D eigenvalue weighted by atomic mass is 35.6. The van der Waals surface area contributed by atoms with Crippen LogP contribution in [0.25, 0.3) is 0 Å². The zero-order valence-corrected chi connectivity index (χ0v) is 32.5. The molecule has 0 unspecified atom stereocenters. The van der Waals surface area contributed by atoms with E-state index in [-0.39, 0.29) is 23.0 Å². The first-order valence-electron chi connectivity index (χ1n) is 15.5. The fourth-order valence-electron chi connectivity index (χ4n) is 5.42. The average molecular weight is 840 g/mol. The number of aromatic nitrogens is 5. The van der Waals surface area contributed by atoms with Gasteiger partial charge in [-0.25, -0.2) is 19.3 Å². The van der Waals surface area contributed by atoms with E-state index in [1.54, 1.807) is 12.4 Å². The molecular formula is C32H29Cl3N8O7S3. The lowest BCUT2D eigenvalue weighted by molar-refractivity contribution is -0.193. The minimum absolute atomic E-state index is 0.0528. The second-order valence-corrected chi connectivity index (χ2v) is 16.8. The van der Waals surface area contributed by atoms with E-state index in [4.69, 9.17) is 49.0 Å². The molecule has 53 heavy (non-hydrogen) atoms. The van der Waals surface area contributed by atoms with Gasteiger partial charge in [0.25, 0.3) is 11.6 Å². The summed E-state index contributed by atoms with van der Waals surface area (Å²) >= 11 is 20.5. The van der Waals surface area contributed by atoms with E-state index in [1.807, 2.05) is 60.7 Å². The SMILES string of the molecule is CO[C@@]1(NC(=O)Cc2csc(NC(=O)OCC(Cl)(Cl)Cl)n2)C(=O)N2C(C(=O)OC(c3ccccc3)c3ccccc3)=C(CSc3nnnn3C)CS[C@H]21. The van der Waals surface area contributed by atoms with Crippen LogP contribution in [0, 0.1) is 0 Å². The molecule has 0 spiro atoms. The minimum atomic E-state index is -1.80. The van der Waals surface area contributed by atoms with Crippen LogP contribution in [-0.2, 0) is 42.1 Å². The summed E-state index contributed by atoms with van der Waals surface area (Å²) in [5.41, 5.74) is 0.647. The highest BCUT2D eigenvalue weighted by molar-refractivity contribution is 8.01. The van der Waals surface area contributed by atoms with Crippen molar-refractivity contribution in [3.63, 3.8) is 0 Å². The number of β-lactam (4-membered cyclic amide) rings is 1. The van der Waals surface area contributed by atoms with Gasteiger partial charge in [-0.3, -0.25) is 19.8 Å². The zero-order chi connectivity index (χ0) is 37.8. The Morgan fingerprint density at radius 3 is 2.38 bits per heavy atom. The topological polar surface area (TPSA) is 180 Å². The Bertz CT molecular complexity index is 1980. The summed E-state index contributed by atoms with van der Waals surface area (Å²) in [4.78, 5) is 59.4. The van der Waals surface area contributed by atoms with Crippen molar-refractivity contribution in [1.82, 2.24) is 35.4 Å². The van der Waals surface area contributed by atoms with E-state index >= 15 is 0 Å². The van der Waals surface area contributed by atoms with Crippen LogP contribution in [0.5, 0.6) is 0 Å². The quantitative estimate of drug-likeness (QED) is 0.0613. The van der Waals surface area contributed by atoms with Crippen molar-refractivity contribution in [2.45, 2.75) is 32.6 Å². The second kappa shape index (κ2) is 16.6. The van der Waals surface area contributed by atoms with Crippen LogP contribution in [0.1, 0.15) is 22.9 Å². The van der Waals surface area contributed by atoms with E-state index in [0.717, 1.165) is 22.5 Å². The number of ether oxygens (including phenoxy) is 3. The Balaban J connectivity index is 1.21. The molecule has 1 fully saturated rings. The van der Waals surface area contributed by atoms with Gasteiger partial charge in [-0.15, -0.1) is 28.2 Å². The number of fused-ring (bicyclic) bond motifs is 1. The number of aryl methyl sites for hydroxylation is 1. The molecule has 0 saturated carbocycles. The van der Waals surface area contributed by atoms with Crippen molar-refractivity contribution >= 4 is 98.7 Å². The number of alkyl halides is 3. The molecule has 1 saturated heterocycles. The average Bonchev–Trinajstić information content (AvgIpc) is 3.77. The maximum Gasteiger partial charge on any atom is 0.413 e. The largest absolute Gasteiger partial charge is 0.448 e. The molecule has 4 aromatic rings. The lowest BCUT2D eigenvalue weighted by Gasteiger charge is -2.56. The number of carbonyl (C=O) groups excluding carboxylic acids is 4. The van der Waals surface area contributed by atoms with Crippen LogP contribution < -0.4 is 10.6 Å². The number of anilines is 1. The number of benzene rings is 2. The molecule has 15 nitrogen and oxygen atoms in total. The summed E-state index contributed by atoms with van der Waals surface area (Å²) in [6, 6.07) is 18.6. The van der Waals surface area contributed by atoms with Gasteiger partial charge in [-0.05, 0) is 27.1 Å². The van der Waals surface area contributed by atoms with Crippen LogP contribution in [0.4, 0.5) is 9.93 Å². The maximum atomic E-state index is 14.3. The van der Waals surface area contributed by atoms with Crippen molar-refractivity contribution in [2.24, 2.45) is 7.05 Å². The molecule has 2 aromatic carbocycles. The maximum absolute atomic E-state index is 14.3. The van der Waals surface area contributed by atoms with Crippen molar-refractivity contribution < 1.29 is 33.4 Å². The predicted octanol–water partition coefficient (Wildman–Crippen LogP) is 4.88. The minimum Gasteiger partial charge on any atom is -0.448 e. The lowest BCUT2D eigenvalue weighted by atomic mass is 9.97. The monoisotopic (exact) mass is 838 g/mol. The number of carbonyl (C=O) groups is 4. The smallest absolute Gasteiger partial charge is 0.413 e. The van der Waals surface area contributed by atoms with Crippen molar-refractivity contribution in [1.29, 1.82) is 0 Å². The second-order valence-electron chi connectivity index (χ2n) is 11.4. The summed E-state index contributed by atoms with van der Waals surface area (Å²) in [6.07, 6.45) is -1.94. The fraction of sp³-hybridized carbons (Fsp3) is 0.312. The van der Waals surface area contributed by atoms with E-state index in [9.17, 15) is 19.2 Å². The van der Waals surface area contributed by atoms with Gasteiger partial charge in [0.05, 0.1) is 12.1 Å². The first-order chi connectivity index (χ1) is 25.4. The first kappa shape index (κ1) is 38.8. The lowest BCUT2D eigenvalue weighted by Crippen LogP contribution is -2.80. The summed E-state index contributed by atoms with van der Waals surface area (Å²) < 4.78 is 16.5. The standard InChI is InChI=1S/C32H29Cl3N8O7S3/c1-42-29(39-40-41-42)53-15-20-14-51-27-32(48-2,38-22(44)13-21-16-52-28(36-21)37-30(47)49-17-31(33,34)35)26(46)43(27)23(20)25(45)50-24(18-9-5-3-6-10-18)19-11-7-4-8-12-19/h3-12,16,24,27H,13-15,17H2,1-2H3,(H,38,44)(H,36,37,47)/t27-,32-/m0/s1. The molecule has 2 aromatic heterocycles. The van der Waals surface area contributed by atoms with Crippen LogP contribution in [0.15, 0.2) is 82.5 Å². The molecule has 4 heterocycles. The normalized spacial score (nSPS) is 18.3. The number of methoxy groups -OCH3 is 1. The molecule has 21 heteroatoms. The van der Waals surface area contributed by atoms with Crippen LogP contribution in [0.3, 0.4) is 0 Å². The number of nitrogens with zero attached hydrogens (tertiary/aromatic N) is 6. The number of amides is 3. The van der Waals surface area contributed by atoms with Crippen molar-refractivity contribution in [3.8, 4) is 0 Å². The molecule has 6 rings (SSSR count). The van der Waals surface area contributed by atoms with E-state index in [0.29, 0.717) is 22.2 Å². The van der Waals surface area contributed by atoms with Gasteiger partial charge >= 0.3 is 12.1 Å². The van der Waals surface area contributed by atoms with Crippen molar-refractivity contribution in [2.75, 3.05) is 30.5 Å². The summed E-state index contributed by atoms with van der Waals surface area (Å²) in [5, 5.41) is 18.1. The summed E-state index contributed by atoms with van der Waals surface area (Å²) in [5.74, 6) is -1.40. The van der Waals surface area contributed by atoms with Gasteiger partial charge in [0.1, 0.15) is 17.7 Å². The van der Waals surface area contributed by atoms with E-state index in [1.165, 1.54) is 40.2 Å². The molecular weight excluding hydrogens is 811 g/mol. The number of esters is 1. The Labute approximate surface area is 330 Å². The predicted molar refractivity (Wildman–Crippen MR) is 199 cm³/mol. The molecule has 2 aliphatic rings. The number of hydrogen-bond donors (Lipinski definition) is 2. The molecule has 0 bridgehead atoms. The highest BCUT2D eigenvalue weighted by Gasteiger charge is 2.66. The number of halogens is 3. The highest BCUT2D eigenvalue weighted by Crippen LogP contribution is 2.48. The first-order valence-corrected chi connectivity index (χ1v) is 19.6. The van der Waals surface area contributed by atoms with Gasteiger partial charge in [0, 0.05) is 31.0 Å². The molecule has 0 radical (unpaired) electrons. The molecule has 2 aliphatic heterocycles. The summed E-state index contributed by atoms with van der Waals surface area (Å²) in [7, 11) is 3.00. The van der Waals surface area contributed by atoms with Gasteiger partial charge < -0.3 is 19.5 Å². The third kappa shape index (κ3) is 8.91. The van der Waals surface area contributed by atoms with Gasteiger partial charge in [-0.2, -0.15) is 0 Å². The fourth-order valence-corrected chi connectivity index (χ4v) is 8.70. The number of thiazole rings is 1. The number of tetrazole rings is 1. The molecule has 2 atom stereocenters.